The number of hydrogen-bond acceptors (Lipinski definition) is 9. The number of aliphatic hydroxyl groups is 1. The smallest absolute Gasteiger partial charge is 0.418 e. The Morgan fingerprint density at radius 3 is 2.38 bits per heavy atom. The summed E-state index contributed by atoms with van der Waals surface area (Å²) in [6.45, 7) is 9.03. The zero-order valence-electron chi connectivity index (χ0n) is 23.8. The number of phenols is 1. The van der Waals surface area contributed by atoms with Gasteiger partial charge in [-0.05, 0) is 62.9 Å². The van der Waals surface area contributed by atoms with Crippen molar-refractivity contribution in [1.29, 1.82) is 0 Å². The minimum absolute atomic E-state index is 0.0116. The molecule has 2 aromatic carbocycles. The molecule has 0 bridgehead atoms. The summed E-state index contributed by atoms with van der Waals surface area (Å²) in [4.78, 5) is 14.8. The van der Waals surface area contributed by atoms with E-state index in [1.807, 2.05) is 52.0 Å². The Balaban J connectivity index is 1.70. The molecular weight excluding hydrogens is 538 g/mol. The number of para-hydroxylation sites is 1. The first-order valence-electron chi connectivity index (χ1n) is 13.4. The fraction of sp³-hybridized carbons (Fsp3) is 0.536. The molecule has 1 aliphatic heterocycles. The van der Waals surface area contributed by atoms with E-state index in [2.05, 4.69) is 10.0 Å². The Labute approximate surface area is 236 Å². The van der Waals surface area contributed by atoms with Crippen LogP contribution in [0.25, 0.3) is 0 Å². The van der Waals surface area contributed by atoms with E-state index in [-0.39, 0.29) is 18.0 Å². The Morgan fingerprint density at radius 2 is 1.75 bits per heavy atom. The molecule has 12 heteroatoms. The maximum atomic E-state index is 13.2. The van der Waals surface area contributed by atoms with Gasteiger partial charge in [0.05, 0.1) is 42.5 Å². The Hall–Kier alpha value is -2.90. The molecule has 1 heterocycles. The Bertz CT molecular complexity index is 1260. The van der Waals surface area contributed by atoms with Crippen LogP contribution in [-0.4, -0.2) is 62.8 Å². The van der Waals surface area contributed by atoms with Gasteiger partial charge in [0.1, 0.15) is 5.75 Å². The molecule has 0 fully saturated rings. The first-order valence-corrected chi connectivity index (χ1v) is 15.3. The number of aliphatic hydroxyl groups excluding tert-OH is 1. The molecule has 2 aromatic rings. The molecule has 11 nitrogen and oxygen atoms in total. The lowest BCUT2D eigenvalue weighted by atomic mass is 9.98. The largest absolute Gasteiger partial charge is 0.506 e. The van der Waals surface area contributed by atoms with Gasteiger partial charge in [0, 0.05) is 18.6 Å². The lowest BCUT2D eigenvalue weighted by Gasteiger charge is -2.41. The predicted octanol–water partition coefficient (Wildman–Crippen LogP) is 4.18. The summed E-state index contributed by atoms with van der Waals surface area (Å²) in [6.07, 6.45) is 1.40. The van der Waals surface area contributed by atoms with Gasteiger partial charge < -0.3 is 29.7 Å². The van der Waals surface area contributed by atoms with Crippen molar-refractivity contribution in [2.24, 2.45) is 0 Å². The monoisotopic (exact) mass is 579 g/mol. The summed E-state index contributed by atoms with van der Waals surface area (Å²) < 4.78 is 43.1. The molecule has 0 spiro atoms. The Morgan fingerprint density at radius 1 is 1.10 bits per heavy atom. The zero-order chi connectivity index (χ0) is 29.6. The van der Waals surface area contributed by atoms with Gasteiger partial charge >= 0.3 is 12.1 Å². The first-order chi connectivity index (χ1) is 18.8. The number of aromatic hydroxyl groups is 1. The van der Waals surface area contributed by atoms with Crippen LogP contribution in [0.4, 0.5) is 16.2 Å². The number of anilines is 2. The summed E-state index contributed by atoms with van der Waals surface area (Å²) in [5.41, 5.74) is 1.19. The summed E-state index contributed by atoms with van der Waals surface area (Å²) in [7, 11) is -3.60. The minimum Gasteiger partial charge on any atom is -0.506 e. The van der Waals surface area contributed by atoms with Gasteiger partial charge in [0.2, 0.25) is 10.0 Å². The normalized spacial score (nSPS) is 15.8. The summed E-state index contributed by atoms with van der Waals surface area (Å²) >= 11 is 0. The van der Waals surface area contributed by atoms with Gasteiger partial charge in [-0.3, -0.25) is 9.62 Å². The van der Waals surface area contributed by atoms with Crippen LogP contribution in [-0.2, 0) is 30.2 Å². The van der Waals surface area contributed by atoms with Crippen LogP contribution in [0.3, 0.4) is 0 Å². The fourth-order valence-electron chi connectivity index (χ4n) is 4.24. The van der Waals surface area contributed by atoms with E-state index in [1.165, 1.54) is 18.2 Å². The standard InChI is InChI=1S/C28H41N3O8S/c1-6-16-37-28(38-17-7-2)21-10-8-9-11-23(21)31(26(34)39-28)15-14-27(3,4)29-19-25(33)20-12-13-24(32)22(18-20)30-40(5,35)36/h8-13,18,25,29-30,32-33H,6-7,14-17,19H2,1-5H3. The van der Waals surface area contributed by atoms with Gasteiger partial charge in [-0.2, -0.15) is 0 Å². The molecule has 1 atom stereocenters. The van der Waals surface area contributed by atoms with Crippen molar-refractivity contribution in [3.05, 3.63) is 53.6 Å². The van der Waals surface area contributed by atoms with E-state index < -0.39 is 33.7 Å². The number of fused-ring (bicyclic) bond motifs is 1. The van der Waals surface area contributed by atoms with Gasteiger partial charge in [0.25, 0.3) is 0 Å². The van der Waals surface area contributed by atoms with Crippen molar-refractivity contribution in [3.63, 3.8) is 0 Å². The number of nitrogens with one attached hydrogen (secondary N) is 2. The summed E-state index contributed by atoms with van der Waals surface area (Å²) in [6, 6.07) is 11.6. The number of benzene rings is 2. The number of ether oxygens (including phenoxy) is 3. The second-order valence-electron chi connectivity index (χ2n) is 10.5. The highest BCUT2D eigenvalue weighted by Gasteiger charge is 2.48. The molecule has 40 heavy (non-hydrogen) atoms. The van der Waals surface area contributed by atoms with Crippen LogP contribution >= 0.6 is 0 Å². The number of hydrogen-bond donors (Lipinski definition) is 4. The van der Waals surface area contributed by atoms with Crippen molar-refractivity contribution in [1.82, 2.24) is 5.32 Å². The van der Waals surface area contributed by atoms with Gasteiger partial charge in [0.15, 0.2) is 0 Å². The van der Waals surface area contributed by atoms with Crippen LogP contribution in [0.1, 0.15) is 64.2 Å². The van der Waals surface area contributed by atoms with Crippen molar-refractivity contribution in [2.75, 3.05) is 42.2 Å². The van der Waals surface area contributed by atoms with Crippen LogP contribution in [0.2, 0.25) is 0 Å². The first kappa shape index (κ1) is 31.6. The third-order valence-electron chi connectivity index (χ3n) is 6.39. The molecule has 0 saturated heterocycles. The van der Waals surface area contributed by atoms with Crippen LogP contribution in [0.15, 0.2) is 42.5 Å². The molecular formula is C28H41N3O8S. The van der Waals surface area contributed by atoms with Crippen molar-refractivity contribution in [2.45, 2.75) is 64.6 Å². The highest BCUT2D eigenvalue weighted by atomic mass is 32.2. The SMILES string of the molecule is CCCOC1(OCCC)OC(=O)N(CCC(C)(C)NCC(O)c2ccc(O)c(NS(C)(=O)=O)c2)c2ccccc21. The van der Waals surface area contributed by atoms with Crippen molar-refractivity contribution < 1.29 is 37.6 Å². The molecule has 1 aliphatic rings. The van der Waals surface area contributed by atoms with E-state index in [0.29, 0.717) is 43.0 Å². The number of cyclic esters (lactones) is 1. The van der Waals surface area contributed by atoms with E-state index in [9.17, 15) is 23.4 Å². The second kappa shape index (κ2) is 13.2. The lowest BCUT2D eigenvalue weighted by molar-refractivity contribution is -0.369. The molecule has 0 saturated carbocycles. The van der Waals surface area contributed by atoms with Crippen LogP contribution in [0.5, 0.6) is 5.75 Å². The topological polar surface area (TPSA) is 147 Å². The fourth-order valence-corrected chi connectivity index (χ4v) is 4.81. The Kier molecular flexibility index (Phi) is 10.4. The maximum Gasteiger partial charge on any atom is 0.418 e. The number of carbonyl (C=O) groups excluding carboxylic acids is 1. The maximum absolute atomic E-state index is 13.2. The molecule has 0 aromatic heterocycles. The summed E-state index contributed by atoms with van der Waals surface area (Å²) in [5, 5.41) is 24.0. The molecule has 4 N–H and O–H groups in total. The van der Waals surface area contributed by atoms with E-state index >= 15 is 0 Å². The average Bonchev–Trinajstić information content (AvgIpc) is 2.89. The van der Waals surface area contributed by atoms with E-state index in [0.717, 1.165) is 19.1 Å². The minimum atomic E-state index is -3.60. The molecule has 1 amide bonds. The van der Waals surface area contributed by atoms with Crippen molar-refractivity contribution in [3.8, 4) is 5.75 Å². The number of sulfonamides is 1. The molecule has 0 aliphatic carbocycles. The molecule has 3 rings (SSSR count). The highest BCUT2D eigenvalue weighted by Crippen LogP contribution is 2.41. The molecule has 1 unspecified atom stereocenters. The molecule has 222 valence electrons. The number of nitrogens with zero attached hydrogens (tertiary/aromatic N) is 1. The van der Waals surface area contributed by atoms with E-state index in [4.69, 9.17) is 14.2 Å². The third kappa shape index (κ3) is 8.07. The van der Waals surface area contributed by atoms with Crippen LogP contribution in [0, 0.1) is 0 Å². The average molecular weight is 580 g/mol. The predicted molar refractivity (Wildman–Crippen MR) is 153 cm³/mol. The van der Waals surface area contributed by atoms with Crippen LogP contribution < -0.4 is 14.9 Å². The van der Waals surface area contributed by atoms with Gasteiger partial charge in [-0.1, -0.05) is 32.0 Å². The van der Waals surface area contributed by atoms with Gasteiger partial charge in [-0.25, -0.2) is 13.2 Å². The molecule has 0 radical (unpaired) electrons. The van der Waals surface area contributed by atoms with E-state index in [1.54, 1.807) is 4.90 Å². The quantitative estimate of drug-likeness (QED) is 0.180. The number of carbonyl (C=O) groups is 1. The third-order valence-corrected chi connectivity index (χ3v) is 6.99. The number of amides is 1. The second-order valence-corrected chi connectivity index (χ2v) is 12.2. The number of rotatable bonds is 15. The zero-order valence-corrected chi connectivity index (χ0v) is 24.6. The lowest BCUT2D eigenvalue weighted by Crippen LogP contribution is -2.51. The number of phenolic OH excluding ortho intramolecular Hbond substituents is 1. The van der Waals surface area contributed by atoms with Crippen molar-refractivity contribution >= 4 is 27.5 Å². The summed E-state index contributed by atoms with van der Waals surface area (Å²) in [5.74, 6) is -1.84. The van der Waals surface area contributed by atoms with Gasteiger partial charge in [-0.15, -0.1) is 0 Å². The number of β-amino-alcohol motifs (C(OH)–C–C–N with tert-alkyl or cyclic N) is 1. The highest BCUT2D eigenvalue weighted by molar-refractivity contribution is 7.92.